The third-order valence-corrected chi connectivity index (χ3v) is 5.08. The molecular weight excluding hydrogens is 397 g/mol. The van der Waals surface area contributed by atoms with Crippen LogP contribution in [0.15, 0.2) is 35.1 Å². The summed E-state index contributed by atoms with van der Waals surface area (Å²) < 4.78 is 38.6. The summed E-state index contributed by atoms with van der Waals surface area (Å²) in [6.45, 7) is 7.12. The monoisotopic (exact) mass is 422 g/mol. The Morgan fingerprint density at radius 2 is 1.73 bits per heavy atom. The van der Waals surface area contributed by atoms with Crippen LogP contribution in [0.4, 0.5) is 19.1 Å². The van der Waals surface area contributed by atoms with Crippen LogP contribution in [-0.4, -0.2) is 29.0 Å². The van der Waals surface area contributed by atoms with Gasteiger partial charge in [-0.1, -0.05) is 32.9 Å². The van der Waals surface area contributed by atoms with E-state index in [1.165, 1.54) is 12.1 Å². The minimum Gasteiger partial charge on any atom is -0.343 e. The maximum Gasteiger partial charge on any atom is 0.416 e. The minimum atomic E-state index is -4.43. The zero-order chi connectivity index (χ0) is 22.1. The second-order valence-corrected chi connectivity index (χ2v) is 8.54. The number of aromatic nitrogens is 2. The van der Waals surface area contributed by atoms with E-state index in [1.807, 2.05) is 25.7 Å². The van der Waals surface area contributed by atoms with Crippen LogP contribution < -0.4 is 15.8 Å². The van der Waals surface area contributed by atoms with Crippen molar-refractivity contribution in [3.8, 4) is 0 Å². The quantitative estimate of drug-likeness (QED) is 0.783. The summed E-state index contributed by atoms with van der Waals surface area (Å²) in [5, 5.41) is 2.84. The fourth-order valence-corrected chi connectivity index (χ4v) is 3.51. The van der Waals surface area contributed by atoms with Crippen LogP contribution in [0.2, 0.25) is 0 Å². The third-order valence-electron chi connectivity index (χ3n) is 5.08. The van der Waals surface area contributed by atoms with Crippen molar-refractivity contribution in [2.24, 2.45) is 5.41 Å². The number of nitrogens with one attached hydrogen (secondary N) is 2. The molecular formula is C21H25F3N4O2. The van der Waals surface area contributed by atoms with E-state index >= 15 is 0 Å². The highest BCUT2D eigenvalue weighted by Gasteiger charge is 2.32. The molecule has 1 aliphatic rings. The smallest absolute Gasteiger partial charge is 0.343 e. The number of hydrogen-bond acceptors (Lipinski definition) is 4. The molecule has 6 nitrogen and oxygen atoms in total. The Bertz CT molecular complexity index is 956. The lowest BCUT2D eigenvalue weighted by molar-refractivity contribution is -0.137. The molecule has 1 fully saturated rings. The summed E-state index contributed by atoms with van der Waals surface area (Å²) in [7, 11) is 0. The van der Waals surface area contributed by atoms with E-state index in [0.29, 0.717) is 11.5 Å². The van der Waals surface area contributed by atoms with Crippen molar-refractivity contribution < 1.29 is 18.0 Å². The maximum atomic E-state index is 12.9. The highest BCUT2D eigenvalue weighted by molar-refractivity contribution is 5.92. The van der Waals surface area contributed by atoms with Gasteiger partial charge in [-0.05, 0) is 36.0 Å². The summed E-state index contributed by atoms with van der Waals surface area (Å²) in [6.07, 6.45) is -2.46. The second kappa shape index (κ2) is 8.12. The summed E-state index contributed by atoms with van der Waals surface area (Å²) in [4.78, 5) is 33.8. The number of anilines is 1. The zero-order valence-corrected chi connectivity index (χ0v) is 17.1. The van der Waals surface area contributed by atoms with Gasteiger partial charge in [-0.3, -0.25) is 14.6 Å². The van der Waals surface area contributed by atoms with Crippen LogP contribution in [0.25, 0.3) is 0 Å². The summed E-state index contributed by atoms with van der Waals surface area (Å²) >= 11 is 0. The van der Waals surface area contributed by atoms with Gasteiger partial charge in [-0.15, -0.1) is 0 Å². The second-order valence-electron chi connectivity index (χ2n) is 8.54. The molecule has 0 saturated carbocycles. The number of rotatable bonds is 4. The fraction of sp³-hybridized carbons (Fsp3) is 0.476. The van der Waals surface area contributed by atoms with Crippen LogP contribution in [0.5, 0.6) is 0 Å². The molecule has 2 heterocycles. The first-order valence-electron chi connectivity index (χ1n) is 9.79. The molecule has 1 atom stereocenters. The van der Waals surface area contributed by atoms with Gasteiger partial charge >= 0.3 is 6.18 Å². The Hall–Kier alpha value is -2.84. The molecule has 0 unspecified atom stereocenters. The number of halogens is 3. The average molecular weight is 422 g/mol. The number of H-pyrrole nitrogens is 1. The Kier molecular flexibility index (Phi) is 5.92. The Morgan fingerprint density at radius 1 is 1.13 bits per heavy atom. The molecule has 0 spiro atoms. The number of aromatic amines is 1. The van der Waals surface area contributed by atoms with E-state index in [-0.39, 0.29) is 5.69 Å². The third kappa shape index (κ3) is 5.01. The van der Waals surface area contributed by atoms with E-state index < -0.39 is 34.7 Å². The predicted octanol–water partition coefficient (Wildman–Crippen LogP) is 3.91. The van der Waals surface area contributed by atoms with Gasteiger partial charge in [0, 0.05) is 19.2 Å². The topological polar surface area (TPSA) is 78.1 Å². The van der Waals surface area contributed by atoms with Gasteiger partial charge in [-0.2, -0.15) is 13.2 Å². The molecule has 1 aromatic heterocycles. The first kappa shape index (κ1) is 21.9. The molecule has 162 valence electrons. The number of carbonyl (C=O) groups excluding carboxylic acids is 1. The highest BCUT2D eigenvalue weighted by Crippen LogP contribution is 2.35. The minimum absolute atomic E-state index is 0.0261. The van der Waals surface area contributed by atoms with Crippen LogP contribution >= 0.6 is 0 Å². The average Bonchev–Trinajstić information content (AvgIpc) is 3.19. The Labute approximate surface area is 172 Å². The molecule has 0 bridgehead atoms. The normalized spacial score (nSPS) is 15.9. The molecule has 2 aromatic rings. The van der Waals surface area contributed by atoms with E-state index in [0.717, 1.165) is 44.1 Å². The SMILES string of the molecule is CC(C)(C)[C@@H](NC(=O)c1cc(=O)[nH]c(N2CCCC2)n1)c1ccc(C(F)(F)F)cc1. The largest absolute Gasteiger partial charge is 0.416 e. The van der Waals surface area contributed by atoms with E-state index in [9.17, 15) is 22.8 Å². The van der Waals surface area contributed by atoms with Crippen molar-refractivity contribution in [1.82, 2.24) is 15.3 Å². The lowest BCUT2D eigenvalue weighted by Gasteiger charge is -2.32. The summed E-state index contributed by atoms with van der Waals surface area (Å²) in [6, 6.07) is 5.26. The first-order chi connectivity index (χ1) is 13.9. The lowest BCUT2D eigenvalue weighted by atomic mass is 9.82. The number of amides is 1. The number of nitrogens with zero attached hydrogens (tertiary/aromatic N) is 2. The summed E-state index contributed by atoms with van der Waals surface area (Å²) in [5.41, 5.74) is -1.17. The van der Waals surface area contributed by atoms with Crippen LogP contribution in [0.3, 0.4) is 0 Å². The van der Waals surface area contributed by atoms with Crippen LogP contribution in [-0.2, 0) is 6.18 Å². The zero-order valence-electron chi connectivity index (χ0n) is 17.1. The van der Waals surface area contributed by atoms with Gasteiger partial charge in [0.15, 0.2) is 0 Å². The van der Waals surface area contributed by atoms with Gasteiger partial charge < -0.3 is 10.2 Å². The van der Waals surface area contributed by atoms with E-state index in [2.05, 4.69) is 15.3 Å². The van der Waals surface area contributed by atoms with E-state index in [4.69, 9.17) is 0 Å². The summed E-state index contributed by atoms with van der Waals surface area (Å²) in [5.74, 6) is -0.201. The van der Waals surface area contributed by atoms with Crippen molar-refractivity contribution in [3.63, 3.8) is 0 Å². The van der Waals surface area contributed by atoms with E-state index in [1.54, 1.807) is 0 Å². The van der Waals surface area contributed by atoms with Crippen LogP contribution in [0, 0.1) is 5.41 Å². The lowest BCUT2D eigenvalue weighted by Crippen LogP contribution is -2.38. The standard InChI is InChI=1S/C21H25F3N4O2/c1-20(2,3)17(13-6-8-14(9-7-13)21(22,23)24)27-18(30)15-12-16(29)26-19(25-15)28-10-4-5-11-28/h6-9,12,17H,4-5,10-11H2,1-3H3,(H,27,30)(H,25,26,29)/t17-/m0/s1. The Balaban J connectivity index is 1.87. The number of hydrogen-bond donors (Lipinski definition) is 2. The number of benzene rings is 1. The molecule has 0 aliphatic carbocycles. The van der Waals surface area contributed by atoms with Crippen molar-refractivity contribution in [2.45, 2.75) is 45.8 Å². The maximum absolute atomic E-state index is 12.9. The molecule has 9 heteroatoms. The first-order valence-corrected chi connectivity index (χ1v) is 9.79. The van der Waals surface area contributed by atoms with Crippen molar-refractivity contribution in [1.29, 1.82) is 0 Å². The fourth-order valence-electron chi connectivity index (χ4n) is 3.51. The highest BCUT2D eigenvalue weighted by atomic mass is 19.4. The molecule has 1 aromatic carbocycles. The van der Waals surface area contributed by atoms with Gasteiger partial charge in [0.1, 0.15) is 5.69 Å². The molecule has 1 amide bonds. The molecule has 2 N–H and O–H groups in total. The molecule has 1 saturated heterocycles. The van der Waals surface area contributed by atoms with Crippen molar-refractivity contribution in [3.05, 3.63) is 57.5 Å². The molecule has 30 heavy (non-hydrogen) atoms. The van der Waals surface area contributed by atoms with Crippen LogP contribution in [0.1, 0.15) is 61.3 Å². The molecule has 0 radical (unpaired) electrons. The van der Waals surface area contributed by atoms with Gasteiger partial charge in [0.05, 0.1) is 11.6 Å². The van der Waals surface area contributed by atoms with Gasteiger partial charge in [-0.25, -0.2) is 4.98 Å². The van der Waals surface area contributed by atoms with Gasteiger partial charge in [0.2, 0.25) is 5.95 Å². The Morgan fingerprint density at radius 3 is 2.27 bits per heavy atom. The number of alkyl halides is 3. The van der Waals surface area contributed by atoms with Crippen molar-refractivity contribution in [2.75, 3.05) is 18.0 Å². The number of carbonyl (C=O) groups is 1. The molecule has 3 rings (SSSR count). The molecule has 1 aliphatic heterocycles. The van der Waals surface area contributed by atoms with Crippen molar-refractivity contribution >= 4 is 11.9 Å². The van der Waals surface area contributed by atoms with Gasteiger partial charge in [0.25, 0.3) is 11.5 Å². The predicted molar refractivity (Wildman–Crippen MR) is 107 cm³/mol.